The highest BCUT2D eigenvalue weighted by Crippen LogP contribution is 2.28. The van der Waals surface area contributed by atoms with Crippen LogP contribution in [0.15, 0.2) is 47.1 Å². The van der Waals surface area contributed by atoms with Crippen molar-refractivity contribution in [3.05, 3.63) is 65.6 Å². The van der Waals surface area contributed by atoms with Crippen LogP contribution in [-0.2, 0) is 0 Å². The Balaban J connectivity index is 1.73. The number of nitrogens with zero attached hydrogens (tertiary/aromatic N) is 3. The standard InChI is InChI=1S/C19H20N4O4/c1-11(13-7-5-4-6-8-13)17-22-19(27-23-17)12(2)21-18(25)15-16(24)14(26-3)9-10-20-15/h4-12,24H,1-3H3,(H,21,25)/t11?,12-/m0/s1. The number of benzene rings is 1. The lowest BCUT2D eigenvalue weighted by Crippen LogP contribution is -2.27. The number of methoxy groups -OCH3 is 1. The van der Waals surface area contributed by atoms with E-state index in [9.17, 15) is 9.90 Å². The summed E-state index contributed by atoms with van der Waals surface area (Å²) in [7, 11) is 1.40. The average Bonchev–Trinajstić information content (AvgIpc) is 3.18. The number of hydrogen-bond donors (Lipinski definition) is 2. The topological polar surface area (TPSA) is 110 Å². The summed E-state index contributed by atoms with van der Waals surface area (Å²) in [5, 5.41) is 16.7. The van der Waals surface area contributed by atoms with Gasteiger partial charge in [0.05, 0.1) is 7.11 Å². The van der Waals surface area contributed by atoms with Crippen molar-refractivity contribution in [2.75, 3.05) is 7.11 Å². The van der Waals surface area contributed by atoms with Gasteiger partial charge >= 0.3 is 0 Å². The first-order chi connectivity index (χ1) is 13.0. The minimum Gasteiger partial charge on any atom is -0.503 e. The van der Waals surface area contributed by atoms with Gasteiger partial charge in [-0.25, -0.2) is 4.98 Å². The predicted octanol–water partition coefficient (Wildman–Crippen LogP) is 2.82. The third-order valence-electron chi connectivity index (χ3n) is 4.18. The molecule has 1 amide bonds. The maximum absolute atomic E-state index is 12.4. The van der Waals surface area contributed by atoms with E-state index in [0.29, 0.717) is 5.82 Å². The van der Waals surface area contributed by atoms with E-state index in [1.807, 2.05) is 37.3 Å². The summed E-state index contributed by atoms with van der Waals surface area (Å²) in [6.45, 7) is 3.69. The minimum absolute atomic E-state index is 0.0457. The van der Waals surface area contributed by atoms with Crippen LogP contribution in [0, 0.1) is 0 Å². The summed E-state index contributed by atoms with van der Waals surface area (Å²) in [6, 6.07) is 10.7. The number of carbonyl (C=O) groups excluding carboxylic acids is 1. The van der Waals surface area contributed by atoms with Crippen LogP contribution in [0.25, 0.3) is 0 Å². The zero-order chi connectivity index (χ0) is 19.4. The fraction of sp³-hybridized carbons (Fsp3) is 0.263. The highest BCUT2D eigenvalue weighted by molar-refractivity contribution is 5.95. The molecule has 140 valence electrons. The summed E-state index contributed by atoms with van der Waals surface area (Å²) < 4.78 is 10.3. The van der Waals surface area contributed by atoms with Gasteiger partial charge < -0.3 is 19.7 Å². The number of aromatic hydroxyl groups is 1. The van der Waals surface area contributed by atoms with Crippen LogP contribution in [0.4, 0.5) is 0 Å². The number of aromatic nitrogens is 3. The maximum atomic E-state index is 12.4. The van der Waals surface area contributed by atoms with Gasteiger partial charge in [-0.2, -0.15) is 4.98 Å². The average molecular weight is 368 g/mol. The number of carbonyl (C=O) groups is 1. The Morgan fingerprint density at radius 2 is 1.96 bits per heavy atom. The Hall–Kier alpha value is -3.42. The smallest absolute Gasteiger partial charge is 0.274 e. The summed E-state index contributed by atoms with van der Waals surface area (Å²) in [4.78, 5) is 20.7. The van der Waals surface area contributed by atoms with Gasteiger partial charge in [-0.15, -0.1) is 0 Å². The lowest BCUT2D eigenvalue weighted by atomic mass is 10.0. The van der Waals surface area contributed by atoms with Gasteiger partial charge in [0.15, 0.2) is 23.0 Å². The molecule has 0 aliphatic rings. The highest BCUT2D eigenvalue weighted by atomic mass is 16.5. The highest BCUT2D eigenvalue weighted by Gasteiger charge is 2.23. The number of amides is 1. The molecule has 0 saturated carbocycles. The van der Waals surface area contributed by atoms with Gasteiger partial charge in [-0.1, -0.05) is 42.4 Å². The van der Waals surface area contributed by atoms with Gasteiger partial charge in [-0.05, 0) is 12.5 Å². The molecular weight excluding hydrogens is 348 g/mol. The largest absolute Gasteiger partial charge is 0.503 e. The fourth-order valence-electron chi connectivity index (χ4n) is 2.58. The molecule has 1 aromatic carbocycles. The molecule has 27 heavy (non-hydrogen) atoms. The Morgan fingerprint density at radius 3 is 2.67 bits per heavy atom. The van der Waals surface area contributed by atoms with E-state index in [-0.39, 0.29) is 29.0 Å². The van der Waals surface area contributed by atoms with Gasteiger partial charge in [0, 0.05) is 18.2 Å². The molecule has 0 aliphatic carbocycles. The number of hydrogen-bond acceptors (Lipinski definition) is 7. The van der Waals surface area contributed by atoms with E-state index < -0.39 is 11.9 Å². The Labute approximate surface area is 156 Å². The molecule has 2 atom stereocenters. The van der Waals surface area contributed by atoms with E-state index in [0.717, 1.165) is 5.56 Å². The van der Waals surface area contributed by atoms with Crippen LogP contribution >= 0.6 is 0 Å². The first-order valence-corrected chi connectivity index (χ1v) is 8.42. The third-order valence-corrected chi connectivity index (χ3v) is 4.18. The Bertz CT molecular complexity index is 926. The van der Waals surface area contributed by atoms with E-state index in [4.69, 9.17) is 9.26 Å². The van der Waals surface area contributed by atoms with Crippen LogP contribution in [0.1, 0.15) is 53.6 Å². The van der Waals surface area contributed by atoms with E-state index in [1.165, 1.54) is 19.4 Å². The van der Waals surface area contributed by atoms with E-state index >= 15 is 0 Å². The molecule has 0 aliphatic heterocycles. The predicted molar refractivity (Wildman–Crippen MR) is 96.6 cm³/mol. The normalized spacial score (nSPS) is 13.0. The molecule has 0 spiro atoms. The van der Waals surface area contributed by atoms with Crippen molar-refractivity contribution >= 4 is 5.91 Å². The van der Waals surface area contributed by atoms with Crippen LogP contribution in [-0.4, -0.2) is 33.2 Å². The molecule has 1 unspecified atom stereocenters. The molecule has 2 aromatic heterocycles. The molecule has 3 aromatic rings. The van der Waals surface area contributed by atoms with Gasteiger partial charge in [-0.3, -0.25) is 4.79 Å². The lowest BCUT2D eigenvalue weighted by Gasteiger charge is -2.11. The van der Waals surface area contributed by atoms with Crippen molar-refractivity contribution in [2.24, 2.45) is 0 Å². The van der Waals surface area contributed by atoms with Crippen molar-refractivity contribution in [2.45, 2.75) is 25.8 Å². The van der Waals surface area contributed by atoms with Crippen LogP contribution in [0.3, 0.4) is 0 Å². The van der Waals surface area contributed by atoms with Gasteiger partial charge in [0.1, 0.15) is 6.04 Å². The van der Waals surface area contributed by atoms with Crippen molar-refractivity contribution in [3.63, 3.8) is 0 Å². The second-order valence-electron chi connectivity index (χ2n) is 6.03. The number of nitrogens with one attached hydrogen (secondary N) is 1. The van der Waals surface area contributed by atoms with Gasteiger partial charge in [0.2, 0.25) is 5.89 Å². The first kappa shape index (κ1) is 18.4. The molecule has 0 radical (unpaired) electrons. The Kier molecular flexibility index (Phi) is 5.35. The van der Waals surface area contributed by atoms with Crippen LogP contribution in [0.5, 0.6) is 11.5 Å². The third kappa shape index (κ3) is 3.89. The lowest BCUT2D eigenvalue weighted by molar-refractivity contribution is 0.0923. The summed E-state index contributed by atoms with van der Waals surface area (Å²) >= 11 is 0. The Morgan fingerprint density at radius 1 is 1.22 bits per heavy atom. The molecule has 8 nitrogen and oxygen atoms in total. The number of ether oxygens (including phenoxy) is 1. The second-order valence-corrected chi connectivity index (χ2v) is 6.03. The van der Waals surface area contributed by atoms with Crippen LogP contribution < -0.4 is 10.1 Å². The number of rotatable bonds is 6. The van der Waals surface area contributed by atoms with Gasteiger partial charge in [0.25, 0.3) is 5.91 Å². The van der Waals surface area contributed by atoms with E-state index in [1.54, 1.807) is 6.92 Å². The minimum atomic E-state index is -0.574. The summed E-state index contributed by atoms with van der Waals surface area (Å²) in [5.41, 5.74) is 0.922. The zero-order valence-corrected chi connectivity index (χ0v) is 15.2. The molecular formula is C19H20N4O4. The second kappa shape index (κ2) is 7.86. The fourth-order valence-corrected chi connectivity index (χ4v) is 2.58. The van der Waals surface area contributed by atoms with Crippen molar-refractivity contribution in [3.8, 4) is 11.5 Å². The monoisotopic (exact) mass is 368 g/mol. The molecule has 0 fully saturated rings. The molecule has 0 bridgehead atoms. The van der Waals surface area contributed by atoms with Crippen molar-refractivity contribution < 1.29 is 19.2 Å². The quantitative estimate of drug-likeness (QED) is 0.688. The van der Waals surface area contributed by atoms with Crippen molar-refractivity contribution in [1.82, 2.24) is 20.4 Å². The molecule has 0 saturated heterocycles. The number of pyridine rings is 1. The summed E-state index contributed by atoms with van der Waals surface area (Å²) in [6.07, 6.45) is 1.38. The van der Waals surface area contributed by atoms with E-state index in [2.05, 4.69) is 20.4 Å². The first-order valence-electron chi connectivity index (χ1n) is 8.42. The summed E-state index contributed by atoms with van der Waals surface area (Å²) in [5.74, 6) is 0.0156. The van der Waals surface area contributed by atoms with Crippen molar-refractivity contribution in [1.29, 1.82) is 0 Å². The molecule has 2 heterocycles. The maximum Gasteiger partial charge on any atom is 0.274 e. The van der Waals surface area contributed by atoms with Crippen LogP contribution in [0.2, 0.25) is 0 Å². The SMILES string of the molecule is COc1ccnc(C(=O)N[C@@H](C)c2nc(C(C)c3ccccc3)no2)c1O. The molecule has 8 heteroatoms. The molecule has 3 rings (SSSR count). The zero-order valence-electron chi connectivity index (χ0n) is 15.2. The molecule has 2 N–H and O–H groups in total.